The monoisotopic (exact) mass is 1150 g/mol. The van der Waals surface area contributed by atoms with E-state index >= 15 is 0 Å². The van der Waals surface area contributed by atoms with Crippen LogP contribution in [0.25, 0.3) is 11.2 Å². The molecule has 2 amide bonds. The number of nitrogens with zero attached hydrogens (tertiary/aromatic N) is 4. The molecule has 2 aromatic rings. The number of aliphatic hydroxyl groups excluding tert-OH is 4. The Labute approximate surface area is 437 Å². The van der Waals surface area contributed by atoms with Crippen LogP contribution in [-0.2, 0) is 65.0 Å². The first-order valence-corrected chi connectivity index (χ1v) is 29.7. The number of phosphoric ester groups is 3. The van der Waals surface area contributed by atoms with Gasteiger partial charge in [0.05, 0.1) is 46.0 Å². The lowest BCUT2D eigenvalue weighted by atomic mass is 9.87. The van der Waals surface area contributed by atoms with E-state index in [9.17, 15) is 72.9 Å². The number of phosphoric acid groups is 3. The van der Waals surface area contributed by atoms with E-state index in [1.165, 1.54) is 13.8 Å². The third-order valence-electron chi connectivity index (χ3n) is 11.9. The Morgan fingerprint density at radius 3 is 2.19 bits per heavy atom. The zero-order chi connectivity index (χ0) is 55.6. The van der Waals surface area contributed by atoms with Gasteiger partial charge in [-0.3, -0.25) is 32.9 Å². The Kier molecular flexibility index (Phi) is 26.2. The van der Waals surface area contributed by atoms with Gasteiger partial charge in [0.25, 0.3) is 15.6 Å². The Hall–Kier alpha value is -2.93. The molecule has 2 aliphatic heterocycles. The summed E-state index contributed by atoms with van der Waals surface area (Å²) < 4.78 is 72.0. The molecule has 4 heterocycles. The van der Waals surface area contributed by atoms with Crippen molar-refractivity contribution in [1.82, 2.24) is 30.2 Å². The van der Waals surface area contributed by atoms with E-state index in [1.807, 2.05) is 0 Å². The second kappa shape index (κ2) is 30.4. The lowest BCUT2D eigenvalue weighted by Gasteiger charge is -2.36. The molecule has 0 spiro atoms. The van der Waals surface area contributed by atoms with Crippen LogP contribution in [0.15, 0.2) is 12.7 Å². The number of hydrogen-bond acceptors (Lipinski definition) is 27. The van der Waals surface area contributed by atoms with Crippen molar-refractivity contribution in [2.24, 2.45) is 5.41 Å². The van der Waals surface area contributed by atoms with Crippen LogP contribution in [0.1, 0.15) is 117 Å². The van der Waals surface area contributed by atoms with Crippen LogP contribution in [0, 0.1) is 5.41 Å². The average Bonchev–Trinajstić information content (AvgIpc) is 3.88. The summed E-state index contributed by atoms with van der Waals surface area (Å²) in [6, 6.07) is 0. The van der Waals surface area contributed by atoms with E-state index in [-0.39, 0.29) is 72.1 Å². The topological polar surface area (TPSA) is 451 Å². The number of imidazole rings is 1. The Morgan fingerprint density at radius 2 is 1.52 bits per heavy atom. The van der Waals surface area contributed by atoms with Crippen LogP contribution in [0.4, 0.5) is 5.82 Å². The fraction of sp³-hybridized carbons (Fsp3) is 0.786. The minimum Gasteiger partial charge on any atom is -0.790 e. The molecule has 2 fully saturated rings. The minimum absolute atomic E-state index is 0.0317. The number of hydrogen-bond donors (Lipinski definition) is 7. The molecule has 11 atom stereocenters. The molecule has 0 aromatic carbocycles. The van der Waals surface area contributed by atoms with Gasteiger partial charge in [-0.25, -0.2) is 19.3 Å². The number of thioether (sulfide) groups is 1. The van der Waals surface area contributed by atoms with Crippen LogP contribution in [0.2, 0.25) is 0 Å². The maximum Gasteiger partial charge on any atom is 0.274 e. The lowest BCUT2D eigenvalue weighted by Crippen LogP contribution is -2.47. The number of fused-ring (bicyclic) bond motifs is 1. The number of Topliss-reactive ketones (excluding diaryl/α,β-unsaturated/α-hetero) is 1. The summed E-state index contributed by atoms with van der Waals surface area (Å²) in [7, 11) is -17.7. The van der Waals surface area contributed by atoms with Gasteiger partial charge in [0.2, 0.25) is 11.8 Å². The molecular formula is C42H68N7O22P3S-4. The van der Waals surface area contributed by atoms with E-state index in [0.29, 0.717) is 19.4 Å². The van der Waals surface area contributed by atoms with Gasteiger partial charge in [0.1, 0.15) is 48.1 Å². The summed E-state index contributed by atoms with van der Waals surface area (Å²) in [6.45, 7) is 2.11. The van der Waals surface area contributed by atoms with Crippen molar-refractivity contribution in [2.45, 2.75) is 166 Å². The standard InChI is InChI=1S/C42H72N7O22P3S/c1-26-28(51)21-29(52)41(68-26)65-18-13-11-9-7-5-4-6-8-10-12-14-27(50)20-32(54)75-19-17-44-31(53)15-16-45-39(57)36(56)42(2,3)23-67-74(63,64)71-73(61,62)66-22-30-35(70-72(58,59)60)34(55)40(69-30)49-25-48-33-37(43)46-24-47-38(33)49/h24-26,28-30,34-36,40-41,51-52,55-56H,4-23H2,1-3H3,(H,44,53)(H,45,57)(H,61,62)(H,63,64)(H2,43,46,47)(H2,58,59,60)/p-4/t26-,28+,29+,30+,34+,35+,36-,40+,41+/m0/s1. The fourth-order valence-corrected chi connectivity index (χ4v) is 11.1. The SMILES string of the molecule is C[C@@H]1O[C@@H](OCCCCCCCCCCCCC(=O)CC(=O)SCCNC(=O)CCNC(=O)[C@H](O)C(C)(C)COP(=O)([O-])OP(=O)([O-])OC[C@H]2O[C@@H](n3cnc4c(N)ncnc43)[C@H](O)[C@@H]2OP(=O)([O-])[O-])[C@H](O)C[C@H]1O. The smallest absolute Gasteiger partial charge is 0.274 e. The molecule has 75 heavy (non-hydrogen) atoms. The van der Waals surface area contributed by atoms with Crippen LogP contribution in [0.3, 0.4) is 0 Å². The number of rotatable bonds is 35. The van der Waals surface area contributed by atoms with E-state index in [2.05, 4.69) is 43.5 Å². The molecule has 33 heteroatoms. The molecule has 4 rings (SSSR count). The highest BCUT2D eigenvalue weighted by molar-refractivity contribution is 8.13. The lowest BCUT2D eigenvalue weighted by molar-refractivity contribution is -0.347. The van der Waals surface area contributed by atoms with Gasteiger partial charge in [-0.15, -0.1) is 0 Å². The number of amides is 2. The number of anilines is 1. The van der Waals surface area contributed by atoms with Gasteiger partial charge < -0.3 is 88.7 Å². The minimum atomic E-state index is -5.95. The van der Waals surface area contributed by atoms with Crippen molar-refractivity contribution in [2.75, 3.05) is 44.4 Å². The van der Waals surface area contributed by atoms with Crippen LogP contribution >= 0.6 is 35.2 Å². The second-order valence-electron chi connectivity index (χ2n) is 18.7. The summed E-state index contributed by atoms with van der Waals surface area (Å²) >= 11 is 0.903. The van der Waals surface area contributed by atoms with Crippen molar-refractivity contribution < 1.29 is 105 Å². The highest BCUT2D eigenvalue weighted by Crippen LogP contribution is 2.56. The number of nitrogens with two attached hydrogens (primary N) is 1. The first kappa shape index (κ1) is 64.6. The largest absolute Gasteiger partial charge is 0.790 e. The number of aliphatic hydroxyl groups is 4. The summed E-state index contributed by atoms with van der Waals surface area (Å²) in [6.07, 6.45) is -0.0804. The second-order valence-corrected chi connectivity index (χ2v) is 23.9. The molecule has 8 N–H and O–H groups in total. The van der Waals surface area contributed by atoms with Crippen molar-refractivity contribution in [3.63, 3.8) is 0 Å². The van der Waals surface area contributed by atoms with Gasteiger partial charge >= 0.3 is 0 Å². The number of nitrogen functional groups attached to an aromatic ring is 1. The van der Waals surface area contributed by atoms with E-state index in [4.69, 9.17) is 19.9 Å². The van der Waals surface area contributed by atoms with Gasteiger partial charge in [0.15, 0.2) is 29.1 Å². The normalized spacial score (nSPS) is 24.4. The number of unbranched alkanes of at least 4 members (excludes halogenated alkanes) is 9. The van der Waals surface area contributed by atoms with Gasteiger partial charge in [-0.05, 0) is 19.8 Å². The highest BCUT2D eigenvalue weighted by atomic mass is 32.2. The number of carbonyl (C=O) groups is 4. The van der Waals surface area contributed by atoms with Crippen molar-refractivity contribution in [3.05, 3.63) is 12.7 Å². The first-order valence-electron chi connectivity index (χ1n) is 24.3. The number of aromatic nitrogens is 4. The van der Waals surface area contributed by atoms with Gasteiger partial charge in [0, 0.05) is 50.1 Å². The van der Waals surface area contributed by atoms with E-state index in [1.54, 1.807) is 6.92 Å². The predicted molar refractivity (Wildman–Crippen MR) is 256 cm³/mol. The van der Waals surface area contributed by atoms with Crippen molar-refractivity contribution in [3.8, 4) is 0 Å². The van der Waals surface area contributed by atoms with Crippen LogP contribution in [-0.4, -0.2) is 150 Å². The van der Waals surface area contributed by atoms with E-state index < -0.39 is 103 Å². The van der Waals surface area contributed by atoms with Gasteiger partial charge in [-0.1, -0.05) is 77.0 Å². The molecule has 0 aliphatic carbocycles. The Bertz CT molecular complexity index is 2310. The third kappa shape index (κ3) is 22.4. The van der Waals surface area contributed by atoms with E-state index in [0.717, 1.165) is 86.8 Å². The summed E-state index contributed by atoms with van der Waals surface area (Å²) in [5, 5.41) is 45.7. The molecular weight excluding hydrogens is 1080 g/mol. The molecule has 2 unspecified atom stereocenters. The number of nitrogens with one attached hydrogen (secondary N) is 2. The number of carbonyl (C=O) groups excluding carboxylic acids is 4. The molecule has 2 aliphatic rings. The maximum absolute atomic E-state index is 12.7. The summed E-state index contributed by atoms with van der Waals surface area (Å²) in [5.74, 6) is -1.61. The fourth-order valence-electron chi connectivity index (χ4n) is 7.70. The quantitative estimate of drug-likeness (QED) is 0.0254. The molecule has 0 saturated carbocycles. The van der Waals surface area contributed by atoms with Gasteiger partial charge in [-0.2, -0.15) is 0 Å². The van der Waals surface area contributed by atoms with Crippen LogP contribution in [0.5, 0.6) is 0 Å². The molecule has 0 radical (unpaired) electrons. The maximum atomic E-state index is 12.7. The molecule has 2 saturated heterocycles. The molecule has 428 valence electrons. The van der Waals surface area contributed by atoms with Crippen molar-refractivity contribution >= 4 is 74.9 Å². The predicted octanol–water partition coefficient (Wildman–Crippen LogP) is -0.740. The average molecular weight is 1150 g/mol. The summed E-state index contributed by atoms with van der Waals surface area (Å²) in [4.78, 5) is 109. The zero-order valence-electron chi connectivity index (χ0n) is 41.7. The molecule has 2 aromatic heterocycles. The molecule has 0 bridgehead atoms. The van der Waals surface area contributed by atoms with Crippen molar-refractivity contribution in [1.29, 1.82) is 0 Å². The zero-order valence-corrected chi connectivity index (χ0v) is 45.2. The first-order chi connectivity index (χ1) is 35.2. The van der Waals surface area contributed by atoms with Crippen LogP contribution < -0.4 is 35.9 Å². The Balaban J connectivity index is 1.02. The number of ketones is 1. The summed E-state index contributed by atoms with van der Waals surface area (Å²) in [5.41, 5.74) is 4.03. The Morgan fingerprint density at radius 1 is 0.880 bits per heavy atom. The highest BCUT2D eigenvalue weighted by Gasteiger charge is 2.47. The number of ether oxygens (including phenoxy) is 3. The molecule has 29 nitrogen and oxygen atoms in total. The third-order valence-corrected chi connectivity index (χ3v) is 15.8.